The first-order valence-corrected chi connectivity index (χ1v) is 5.56. The maximum atomic E-state index is 9.08. The molecule has 4 nitrogen and oxygen atoms in total. The molecule has 0 aromatic carbocycles. The zero-order chi connectivity index (χ0) is 10.8. The third kappa shape index (κ3) is 2.35. The zero-order valence-electron chi connectivity index (χ0n) is 8.18. The number of aliphatic hydroxyl groups excluding tert-OH is 1. The van der Waals surface area contributed by atoms with Gasteiger partial charge in [0.15, 0.2) is 5.82 Å². The summed E-state index contributed by atoms with van der Waals surface area (Å²) in [6.45, 7) is 1.92. The predicted molar refractivity (Wildman–Crippen MR) is 64.7 cm³/mol. The second-order valence-corrected chi connectivity index (χ2v) is 4.48. The first kappa shape index (κ1) is 10.6. The second-order valence-electron chi connectivity index (χ2n) is 3.24. The molecule has 2 heterocycles. The van der Waals surface area contributed by atoms with Crippen molar-refractivity contribution in [2.24, 2.45) is 0 Å². The van der Waals surface area contributed by atoms with E-state index >= 15 is 0 Å². The monoisotopic (exact) mass is 315 g/mol. The molecule has 2 rings (SSSR count). The standard InChI is InChI=1S/C10H10IN3O/c1-7-2-8(6-15)3-10(13-7)14-5-9(11)4-12-14/h2-5,15H,6H2,1H3. The molecule has 0 radical (unpaired) electrons. The Morgan fingerprint density at radius 1 is 1.47 bits per heavy atom. The number of aliphatic hydroxyl groups is 1. The van der Waals surface area contributed by atoms with Crippen molar-refractivity contribution in [3.63, 3.8) is 0 Å². The van der Waals surface area contributed by atoms with Gasteiger partial charge in [-0.15, -0.1) is 0 Å². The fourth-order valence-electron chi connectivity index (χ4n) is 1.36. The van der Waals surface area contributed by atoms with Crippen LogP contribution in [0.2, 0.25) is 0 Å². The number of halogens is 1. The molecule has 0 atom stereocenters. The quantitative estimate of drug-likeness (QED) is 0.858. The summed E-state index contributed by atoms with van der Waals surface area (Å²) in [6.07, 6.45) is 3.66. The molecule has 0 saturated heterocycles. The molecule has 15 heavy (non-hydrogen) atoms. The number of aromatic nitrogens is 3. The summed E-state index contributed by atoms with van der Waals surface area (Å²) < 4.78 is 2.76. The molecule has 0 aliphatic rings. The van der Waals surface area contributed by atoms with Gasteiger partial charge in [-0.05, 0) is 47.2 Å². The van der Waals surface area contributed by atoms with Crippen molar-refractivity contribution < 1.29 is 5.11 Å². The molecule has 2 aromatic heterocycles. The van der Waals surface area contributed by atoms with Crippen LogP contribution in [0.5, 0.6) is 0 Å². The normalized spacial score (nSPS) is 10.6. The Morgan fingerprint density at radius 3 is 2.87 bits per heavy atom. The van der Waals surface area contributed by atoms with Gasteiger partial charge in [0.05, 0.1) is 16.4 Å². The molecule has 0 spiro atoms. The number of nitrogens with zero attached hydrogens (tertiary/aromatic N) is 3. The number of hydrogen-bond donors (Lipinski definition) is 1. The van der Waals surface area contributed by atoms with E-state index in [0.29, 0.717) is 0 Å². The van der Waals surface area contributed by atoms with Crippen LogP contribution in [-0.4, -0.2) is 19.9 Å². The maximum Gasteiger partial charge on any atom is 0.153 e. The van der Waals surface area contributed by atoms with Crippen LogP contribution in [0.15, 0.2) is 24.5 Å². The lowest BCUT2D eigenvalue weighted by Crippen LogP contribution is -2.01. The molecular formula is C10H10IN3O. The van der Waals surface area contributed by atoms with Gasteiger partial charge in [0.1, 0.15) is 0 Å². The fraction of sp³-hybridized carbons (Fsp3) is 0.200. The highest BCUT2D eigenvalue weighted by atomic mass is 127. The Kier molecular flexibility index (Phi) is 3.01. The minimum atomic E-state index is 0.0225. The maximum absolute atomic E-state index is 9.08. The van der Waals surface area contributed by atoms with Crippen LogP contribution in [0.3, 0.4) is 0 Å². The Bertz CT molecular complexity index is 481. The lowest BCUT2D eigenvalue weighted by molar-refractivity contribution is 0.281. The summed E-state index contributed by atoms with van der Waals surface area (Å²) >= 11 is 2.19. The van der Waals surface area contributed by atoms with Gasteiger partial charge in [-0.1, -0.05) is 0 Å². The molecule has 0 aliphatic heterocycles. The van der Waals surface area contributed by atoms with E-state index in [0.717, 1.165) is 20.6 Å². The lowest BCUT2D eigenvalue weighted by atomic mass is 10.2. The number of aryl methyl sites for hydroxylation is 1. The van der Waals surface area contributed by atoms with E-state index in [2.05, 4.69) is 32.7 Å². The summed E-state index contributed by atoms with van der Waals surface area (Å²) in [6, 6.07) is 3.69. The predicted octanol–water partition coefficient (Wildman–Crippen LogP) is 1.67. The number of rotatable bonds is 2. The molecule has 0 amide bonds. The first-order chi connectivity index (χ1) is 7.19. The number of hydrogen-bond acceptors (Lipinski definition) is 3. The third-order valence-electron chi connectivity index (χ3n) is 1.97. The molecule has 0 saturated carbocycles. The van der Waals surface area contributed by atoms with Gasteiger partial charge in [-0.3, -0.25) is 0 Å². The molecule has 5 heteroatoms. The molecule has 0 unspecified atom stereocenters. The smallest absolute Gasteiger partial charge is 0.153 e. The average molecular weight is 315 g/mol. The van der Waals surface area contributed by atoms with Crippen molar-refractivity contribution in [1.29, 1.82) is 0 Å². The first-order valence-electron chi connectivity index (χ1n) is 4.48. The van der Waals surface area contributed by atoms with Crippen LogP contribution in [0, 0.1) is 10.5 Å². The highest BCUT2D eigenvalue weighted by Gasteiger charge is 2.03. The van der Waals surface area contributed by atoms with Crippen molar-refractivity contribution in [3.05, 3.63) is 39.4 Å². The zero-order valence-corrected chi connectivity index (χ0v) is 10.3. The summed E-state index contributed by atoms with van der Waals surface area (Å²) in [4.78, 5) is 4.35. The average Bonchev–Trinajstić information content (AvgIpc) is 2.64. The number of pyridine rings is 1. The highest BCUT2D eigenvalue weighted by molar-refractivity contribution is 14.1. The van der Waals surface area contributed by atoms with Crippen molar-refractivity contribution in [2.75, 3.05) is 0 Å². The van der Waals surface area contributed by atoms with E-state index in [1.807, 2.05) is 25.3 Å². The Morgan fingerprint density at radius 2 is 2.27 bits per heavy atom. The van der Waals surface area contributed by atoms with Gasteiger partial charge >= 0.3 is 0 Å². The van der Waals surface area contributed by atoms with Crippen molar-refractivity contribution in [1.82, 2.24) is 14.8 Å². The topological polar surface area (TPSA) is 50.9 Å². The van der Waals surface area contributed by atoms with Gasteiger partial charge in [0.2, 0.25) is 0 Å². The van der Waals surface area contributed by atoms with E-state index in [1.165, 1.54) is 0 Å². The van der Waals surface area contributed by atoms with Gasteiger partial charge in [-0.2, -0.15) is 5.10 Å². The van der Waals surface area contributed by atoms with Crippen LogP contribution in [0.1, 0.15) is 11.3 Å². The fourth-order valence-corrected chi connectivity index (χ4v) is 1.74. The minimum Gasteiger partial charge on any atom is -0.392 e. The Hall–Kier alpha value is -0.950. The second kappa shape index (κ2) is 4.28. The summed E-state index contributed by atoms with van der Waals surface area (Å²) in [5.41, 5.74) is 1.73. The molecular weight excluding hydrogens is 305 g/mol. The summed E-state index contributed by atoms with van der Waals surface area (Å²) in [5.74, 6) is 0.738. The third-order valence-corrected chi connectivity index (χ3v) is 2.53. The van der Waals surface area contributed by atoms with Crippen molar-refractivity contribution in [3.8, 4) is 5.82 Å². The SMILES string of the molecule is Cc1cc(CO)cc(-n2cc(I)cn2)n1. The van der Waals surface area contributed by atoms with Crippen molar-refractivity contribution >= 4 is 22.6 Å². The molecule has 78 valence electrons. The van der Waals surface area contributed by atoms with Crippen molar-refractivity contribution in [2.45, 2.75) is 13.5 Å². The van der Waals surface area contributed by atoms with Gasteiger partial charge in [-0.25, -0.2) is 9.67 Å². The van der Waals surface area contributed by atoms with Crippen LogP contribution in [-0.2, 0) is 6.61 Å². The van der Waals surface area contributed by atoms with Crippen LogP contribution < -0.4 is 0 Å². The van der Waals surface area contributed by atoms with E-state index in [-0.39, 0.29) is 6.61 Å². The Labute approximate surface area is 101 Å². The van der Waals surface area contributed by atoms with Gasteiger partial charge in [0, 0.05) is 11.9 Å². The lowest BCUT2D eigenvalue weighted by Gasteiger charge is -2.04. The Balaban J connectivity index is 2.48. The molecule has 0 fully saturated rings. The van der Waals surface area contributed by atoms with Gasteiger partial charge in [0.25, 0.3) is 0 Å². The molecule has 2 aromatic rings. The van der Waals surface area contributed by atoms with Crippen LogP contribution >= 0.6 is 22.6 Å². The van der Waals surface area contributed by atoms with E-state index in [9.17, 15) is 0 Å². The molecule has 0 aliphatic carbocycles. The van der Waals surface area contributed by atoms with E-state index in [4.69, 9.17) is 5.11 Å². The van der Waals surface area contributed by atoms with Crippen LogP contribution in [0.4, 0.5) is 0 Å². The summed E-state index contributed by atoms with van der Waals surface area (Å²) in [5, 5.41) is 13.2. The van der Waals surface area contributed by atoms with Crippen LogP contribution in [0.25, 0.3) is 5.82 Å². The summed E-state index contributed by atoms with van der Waals surface area (Å²) in [7, 11) is 0. The van der Waals surface area contributed by atoms with E-state index < -0.39 is 0 Å². The highest BCUT2D eigenvalue weighted by Crippen LogP contribution is 2.11. The minimum absolute atomic E-state index is 0.0225. The largest absolute Gasteiger partial charge is 0.392 e. The molecule has 1 N–H and O–H groups in total. The molecule has 0 bridgehead atoms. The van der Waals surface area contributed by atoms with Gasteiger partial charge < -0.3 is 5.11 Å². The van der Waals surface area contributed by atoms with E-state index in [1.54, 1.807) is 10.9 Å².